The van der Waals surface area contributed by atoms with Gasteiger partial charge in [0.05, 0.1) is 5.56 Å². The second-order valence-corrected chi connectivity index (χ2v) is 4.69. The van der Waals surface area contributed by atoms with Gasteiger partial charge in [-0.2, -0.15) is 10.2 Å². The molecule has 106 valence electrons. The van der Waals surface area contributed by atoms with Crippen molar-refractivity contribution in [1.82, 2.24) is 15.1 Å². The largest absolute Gasteiger partial charge is 0.363 e. The van der Waals surface area contributed by atoms with Crippen LogP contribution in [0.25, 0.3) is 0 Å². The zero-order valence-electron chi connectivity index (χ0n) is 11.1. The molecule has 1 saturated heterocycles. The number of pyridine rings is 1. The Balaban J connectivity index is 1.87. The highest BCUT2D eigenvalue weighted by Gasteiger charge is 2.32. The van der Waals surface area contributed by atoms with Crippen molar-refractivity contribution >= 4 is 11.7 Å². The average molecular weight is 284 g/mol. The molecule has 21 heavy (non-hydrogen) atoms. The van der Waals surface area contributed by atoms with Gasteiger partial charge in [-0.15, -0.1) is 0 Å². The van der Waals surface area contributed by atoms with Crippen LogP contribution in [0.5, 0.6) is 0 Å². The highest BCUT2D eigenvalue weighted by atomic mass is 16.5. The quantitative estimate of drug-likeness (QED) is 0.883. The number of rotatable bonds is 3. The number of hydrogen-bond acceptors (Lipinski definition) is 7. The number of nitrogens with zero attached hydrogens (tertiary/aromatic N) is 5. The topological polar surface area (TPSA) is 122 Å². The Morgan fingerprint density at radius 1 is 1.52 bits per heavy atom. The number of anilines is 1. The minimum Gasteiger partial charge on any atom is -0.363 e. The van der Waals surface area contributed by atoms with Crippen LogP contribution in [0.4, 0.5) is 5.82 Å². The molecule has 3 rings (SSSR count). The molecule has 1 amide bonds. The van der Waals surface area contributed by atoms with E-state index < -0.39 is 5.91 Å². The molecular formula is C13H12N6O2. The van der Waals surface area contributed by atoms with Gasteiger partial charge in [-0.05, 0) is 25.0 Å². The SMILES string of the molecule is N#Cc1ccc(N2CCCC2c2nc(C(N)=O)no2)nc1. The Labute approximate surface area is 120 Å². The maximum Gasteiger partial charge on any atom is 0.290 e. The Hall–Kier alpha value is -2.95. The third kappa shape index (κ3) is 2.41. The van der Waals surface area contributed by atoms with Gasteiger partial charge in [0.15, 0.2) is 0 Å². The molecule has 0 saturated carbocycles. The third-order valence-corrected chi connectivity index (χ3v) is 3.37. The van der Waals surface area contributed by atoms with Crippen LogP contribution in [0.1, 0.15) is 41.0 Å². The summed E-state index contributed by atoms with van der Waals surface area (Å²) in [5.41, 5.74) is 5.63. The second-order valence-electron chi connectivity index (χ2n) is 4.69. The predicted molar refractivity (Wildman–Crippen MR) is 71.1 cm³/mol. The summed E-state index contributed by atoms with van der Waals surface area (Å²) >= 11 is 0. The minimum atomic E-state index is -0.717. The van der Waals surface area contributed by atoms with Gasteiger partial charge < -0.3 is 15.2 Å². The van der Waals surface area contributed by atoms with Gasteiger partial charge in [0, 0.05) is 12.7 Å². The number of amides is 1. The lowest BCUT2D eigenvalue weighted by Crippen LogP contribution is -2.24. The first-order chi connectivity index (χ1) is 10.2. The van der Waals surface area contributed by atoms with E-state index in [-0.39, 0.29) is 11.9 Å². The number of nitrogens with two attached hydrogens (primary N) is 1. The number of carbonyl (C=O) groups excluding carboxylic acids is 1. The molecule has 0 aliphatic carbocycles. The third-order valence-electron chi connectivity index (χ3n) is 3.37. The van der Waals surface area contributed by atoms with Gasteiger partial charge in [-0.3, -0.25) is 4.79 Å². The molecule has 2 aromatic heterocycles. The van der Waals surface area contributed by atoms with Gasteiger partial charge in [0.2, 0.25) is 5.89 Å². The van der Waals surface area contributed by atoms with Gasteiger partial charge in [0.1, 0.15) is 17.9 Å². The summed E-state index contributed by atoms with van der Waals surface area (Å²) in [5, 5.41) is 12.4. The lowest BCUT2D eigenvalue weighted by molar-refractivity contribution is 0.0987. The zero-order valence-corrected chi connectivity index (χ0v) is 11.1. The molecule has 1 atom stereocenters. The first kappa shape index (κ1) is 13.1. The molecule has 1 unspecified atom stereocenters. The van der Waals surface area contributed by atoms with E-state index in [0.29, 0.717) is 11.5 Å². The first-order valence-corrected chi connectivity index (χ1v) is 6.45. The normalized spacial score (nSPS) is 17.7. The molecule has 3 heterocycles. The highest BCUT2D eigenvalue weighted by Crippen LogP contribution is 2.34. The predicted octanol–water partition coefficient (Wildman–Crippen LogP) is 0.777. The summed E-state index contributed by atoms with van der Waals surface area (Å²) in [5.74, 6) is 0.249. The zero-order chi connectivity index (χ0) is 14.8. The molecule has 0 spiro atoms. The van der Waals surface area contributed by atoms with Crippen molar-refractivity contribution in [2.75, 3.05) is 11.4 Å². The van der Waals surface area contributed by atoms with Crippen molar-refractivity contribution in [2.24, 2.45) is 5.73 Å². The molecule has 1 aliphatic rings. The van der Waals surface area contributed by atoms with Crippen molar-refractivity contribution in [1.29, 1.82) is 5.26 Å². The Kier molecular flexibility index (Phi) is 3.23. The Morgan fingerprint density at radius 2 is 2.38 bits per heavy atom. The molecule has 0 bridgehead atoms. The van der Waals surface area contributed by atoms with Gasteiger partial charge >= 0.3 is 0 Å². The summed E-state index contributed by atoms with van der Waals surface area (Å²) in [6.07, 6.45) is 3.29. The van der Waals surface area contributed by atoms with Crippen LogP contribution in [0.2, 0.25) is 0 Å². The Bertz CT molecular complexity index is 702. The number of nitriles is 1. The van der Waals surface area contributed by atoms with Crippen LogP contribution in [-0.2, 0) is 0 Å². The molecule has 0 aromatic carbocycles. The lowest BCUT2D eigenvalue weighted by atomic mass is 10.2. The minimum absolute atomic E-state index is 0.121. The van der Waals surface area contributed by atoms with Gasteiger partial charge in [-0.25, -0.2) is 4.98 Å². The molecule has 1 aliphatic heterocycles. The van der Waals surface area contributed by atoms with Crippen LogP contribution in [0.15, 0.2) is 22.9 Å². The van der Waals surface area contributed by atoms with E-state index in [0.717, 1.165) is 25.2 Å². The standard InChI is InChI=1S/C13H12N6O2/c14-6-8-3-4-10(16-7-8)19-5-1-2-9(19)13-17-12(11(15)20)18-21-13/h3-4,7,9H,1-2,5H2,(H2,15,20). The summed E-state index contributed by atoms with van der Waals surface area (Å²) in [6.45, 7) is 0.790. The fraction of sp³-hybridized carbons (Fsp3) is 0.308. The maximum atomic E-state index is 11.0. The molecule has 2 aromatic rings. The fourth-order valence-corrected chi connectivity index (χ4v) is 2.39. The number of primary amides is 1. The van der Waals surface area contributed by atoms with E-state index in [1.807, 2.05) is 11.0 Å². The highest BCUT2D eigenvalue weighted by molar-refractivity contribution is 5.88. The van der Waals surface area contributed by atoms with E-state index in [4.69, 9.17) is 15.5 Å². The van der Waals surface area contributed by atoms with Crippen LogP contribution < -0.4 is 10.6 Å². The van der Waals surface area contributed by atoms with E-state index >= 15 is 0 Å². The molecule has 1 fully saturated rings. The van der Waals surface area contributed by atoms with Crippen molar-refractivity contribution in [3.63, 3.8) is 0 Å². The van der Waals surface area contributed by atoms with E-state index in [9.17, 15) is 4.79 Å². The van der Waals surface area contributed by atoms with Gasteiger partial charge in [0.25, 0.3) is 11.7 Å². The summed E-state index contributed by atoms with van der Waals surface area (Å²) in [7, 11) is 0. The van der Waals surface area contributed by atoms with E-state index in [2.05, 4.69) is 15.1 Å². The smallest absolute Gasteiger partial charge is 0.290 e. The van der Waals surface area contributed by atoms with E-state index in [1.165, 1.54) is 6.20 Å². The monoisotopic (exact) mass is 284 g/mol. The molecule has 8 nitrogen and oxygen atoms in total. The van der Waals surface area contributed by atoms with Crippen molar-refractivity contribution in [2.45, 2.75) is 18.9 Å². The summed E-state index contributed by atoms with van der Waals surface area (Å²) < 4.78 is 5.12. The average Bonchev–Trinajstić information content (AvgIpc) is 3.16. The molecule has 0 radical (unpaired) electrons. The van der Waals surface area contributed by atoms with Crippen LogP contribution in [0.3, 0.4) is 0 Å². The van der Waals surface area contributed by atoms with Crippen molar-refractivity contribution in [3.8, 4) is 6.07 Å². The van der Waals surface area contributed by atoms with Crippen molar-refractivity contribution < 1.29 is 9.32 Å². The first-order valence-electron chi connectivity index (χ1n) is 6.45. The molecular weight excluding hydrogens is 272 g/mol. The molecule has 8 heteroatoms. The molecule has 2 N–H and O–H groups in total. The van der Waals surface area contributed by atoms with Crippen molar-refractivity contribution in [3.05, 3.63) is 35.6 Å². The fourth-order valence-electron chi connectivity index (χ4n) is 2.39. The van der Waals surface area contributed by atoms with Gasteiger partial charge in [-0.1, -0.05) is 5.16 Å². The maximum absolute atomic E-state index is 11.0. The summed E-state index contributed by atoms with van der Waals surface area (Å²) in [6, 6.07) is 5.39. The van der Waals surface area contributed by atoms with Crippen LogP contribution in [-0.4, -0.2) is 27.6 Å². The number of carbonyl (C=O) groups is 1. The second kappa shape index (κ2) is 5.20. The number of aromatic nitrogens is 3. The summed E-state index contributed by atoms with van der Waals surface area (Å²) in [4.78, 5) is 21.3. The van der Waals surface area contributed by atoms with E-state index in [1.54, 1.807) is 12.1 Å². The van der Waals surface area contributed by atoms with Crippen LogP contribution in [0, 0.1) is 11.3 Å². The Morgan fingerprint density at radius 3 is 3.00 bits per heavy atom. The lowest BCUT2D eigenvalue weighted by Gasteiger charge is -2.22. The number of hydrogen-bond donors (Lipinski definition) is 1. The van der Waals surface area contributed by atoms with Crippen LogP contribution >= 0.6 is 0 Å².